The Morgan fingerprint density at radius 2 is 1.87 bits per heavy atom. The van der Waals surface area contributed by atoms with Crippen LogP contribution in [-0.4, -0.2) is 66.0 Å². The van der Waals surface area contributed by atoms with Gasteiger partial charge in [0.15, 0.2) is 6.10 Å². The highest BCUT2D eigenvalue weighted by molar-refractivity contribution is 7.99. The summed E-state index contributed by atoms with van der Waals surface area (Å²) in [6.45, 7) is 3.49. The van der Waals surface area contributed by atoms with E-state index in [4.69, 9.17) is 4.74 Å². The number of amides is 2. The van der Waals surface area contributed by atoms with E-state index in [0.717, 1.165) is 35.7 Å². The quantitative estimate of drug-likeness (QED) is 0.822. The Morgan fingerprint density at radius 1 is 1.22 bits per heavy atom. The Bertz CT molecular complexity index is 584. The maximum atomic E-state index is 12.9. The van der Waals surface area contributed by atoms with E-state index in [0.29, 0.717) is 0 Å². The third kappa shape index (κ3) is 3.38. The second kappa shape index (κ2) is 6.93. The third-order valence-electron chi connectivity index (χ3n) is 4.47. The number of carbonyl (C=O) groups excluding carboxylic acids is 2. The summed E-state index contributed by atoms with van der Waals surface area (Å²) in [7, 11) is 1.75. The highest BCUT2D eigenvalue weighted by atomic mass is 32.2. The number of aryl methyl sites for hydroxylation is 1. The van der Waals surface area contributed by atoms with Gasteiger partial charge in [0, 0.05) is 31.6 Å². The van der Waals surface area contributed by atoms with Gasteiger partial charge in [-0.1, -0.05) is 29.8 Å². The van der Waals surface area contributed by atoms with Gasteiger partial charge in [-0.15, -0.1) is 0 Å². The summed E-state index contributed by atoms with van der Waals surface area (Å²) < 4.78 is 5.68. The second-order valence-electron chi connectivity index (χ2n) is 6.03. The maximum absolute atomic E-state index is 12.9. The Labute approximate surface area is 141 Å². The Morgan fingerprint density at radius 3 is 2.52 bits per heavy atom. The smallest absolute Gasteiger partial charge is 0.254 e. The largest absolute Gasteiger partial charge is 0.356 e. The summed E-state index contributed by atoms with van der Waals surface area (Å²) in [4.78, 5) is 28.5. The van der Waals surface area contributed by atoms with Crippen molar-refractivity contribution < 1.29 is 14.3 Å². The molecule has 0 saturated carbocycles. The molecule has 5 nitrogen and oxygen atoms in total. The van der Waals surface area contributed by atoms with Crippen molar-refractivity contribution in [2.45, 2.75) is 19.1 Å². The molecule has 6 heteroatoms. The van der Waals surface area contributed by atoms with Crippen LogP contribution < -0.4 is 0 Å². The monoisotopic (exact) mass is 334 g/mol. The molecule has 0 aromatic heterocycles. The van der Waals surface area contributed by atoms with Crippen molar-refractivity contribution in [2.24, 2.45) is 0 Å². The van der Waals surface area contributed by atoms with E-state index < -0.39 is 6.10 Å². The minimum Gasteiger partial charge on any atom is -0.356 e. The first-order chi connectivity index (χ1) is 11.1. The van der Waals surface area contributed by atoms with Crippen LogP contribution in [0, 0.1) is 6.92 Å². The SMILES string of the molecule is Cc1ccc([C@@H]2[C@H](C(=O)N3CCSCC3)OCC(=O)N2C)cc1. The highest BCUT2D eigenvalue weighted by Gasteiger charge is 2.41. The number of hydrogen-bond donors (Lipinski definition) is 0. The molecule has 0 aliphatic carbocycles. The third-order valence-corrected chi connectivity index (χ3v) is 5.41. The highest BCUT2D eigenvalue weighted by Crippen LogP contribution is 2.30. The van der Waals surface area contributed by atoms with Crippen molar-refractivity contribution in [1.29, 1.82) is 0 Å². The number of carbonyl (C=O) groups is 2. The number of likely N-dealkylation sites (N-methyl/N-ethyl adjacent to an activating group) is 1. The average molecular weight is 334 g/mol. The minimum absolute atomic E-state index is 0.00442. The molecule has 2 saturated heterocycles. The summed E-state index contributed by atoms with van der Waals surface area (Å²) in [5, 5.41) is 0. The molecule has 0 N–H and O–H groups in total. The van der Waals surface area contributed by atoms with Gasteiger partial charge in [0.1, 0.15) is 6.61 Å². The summed E-state index contributed by atoms with van der Waals surface area (Å²) in [6.07, 6.45) is -0.622. The first kappa shape index (κ1) is 16.3. The van der Waals surface area contributed by atoms with Gasteiger partial charge in [-0.25, -0.2) is 0 Å². The second-order valence-corrected chi connectivity index (χ2v) is 7.25. The van der Waals surface area contributed by atoms with Gasteiger partial charge >= 0.3 is 0 Å². The van der Waals surface area contributed by atoms with E-state index in [-0.39, 0.29) is 24.5 Å². The number of rotatable bonds is 2. The first-order valence-corrected chi connectivity index (χ1v) is 9.04. The van der Waals surface area contributed by atoms with Crippen LogP contribution in [-0.2, 0) is 14.3 Å². The van der Waals surface area contributed by atoms with Crippen molar-refractivity contribution in [3.05, 3.63) is 35.4 Å². The molecule has 0 unspecified atom stereocenters. The van der Waals surface area contributed by atoms with Crippen LogP contribution in [0.5, 0.6) is 0 Å². The molecule has 0 radical (unpaired) electrons. The fraction of sp³-hybridized carbons (Fsp3) is 0.529. The molecule has 0 spiro atoms. The van der Waals surface area contributed by atoms with E-state index in [9.17, 15) is 9.59 Å². The van der Waals surface area contributed by atoms with Gasteiger partial charge in [0.25, 0.3) is 5.91 Å². The number of morpholine rings is 1. The Balaban J connectivity index is 1.87. The minimum atomic E-state index is -0.622. The molecule has 2 amide bonds. The number of nitrogens with zero attached hydrogens (tertiary/aromatic N) is 2. The van der Waals surface area contributed by atoms with Crippen LogP contribution in [0.2, 0.25) is 0 Å². The van der Waals surface area contributed by atoms with Crippen LogP contribution in [0.4, 0.5) is 0 Å². The zero-order valence-corrected chi connectivity index (χ0v) is 14.3. The molecule has 1 aromatic carbocycles. The van der Waals surface area contributed by atoms with Gasteiger partial charge < -0.3 is 14.5 Å². The normalized spacial score (nSPS) is 25.6. The standard InChI is InChI=1S/C17H22N2O3S/c1-12-3-5-13(6-4-12)15-16(22-11-14(20)18(15)2)17(21)19-7-9-23-10-8-19/h3-6,15-16H,7-11H2,1-2H3/t15-,16-/m1/s1. The molecule has 2 heterocycles. The predicted octanol–water partition coefficient (Wildman–Crippen LogP) is 1.47. The first-order valence-electron chi connectivity index (χ1n) is 7.88. The van der Waals surface area contributed by atoms with Gasteiger partial charge in [-0.05, 0) is 12.5 Å². The Hall–Kier alpha value is -1.53. The fourth-order valence-electron chi connectivity index (χ4n) is 3.04. The summed E-state index contributed by atoms with van der Waals surface area (Å²) >= 11 is 1.86. The lowest BCUT2D eigenvalue weighted by atomic mass is 9.96. The van der Waals surface area contributed by atoms with E-state index in [1.807, 2.05) is 47.9 Å². The molecule has 124 valence electrons. The van der Waals surface area contributed by atoms with E-state index in [1.165, 1.54) is 0 Å². The lowest BCUT2D eigenvalue weighted by Gasteiger charge is -2.40. The van der Waals surface area contributed by atoms with Crippen molar-refractivity contribution in [2.75, 3.05) is 38.2 Å². The van der Waals surface area contributed by atoms with E-state index >= 15 is 0 Å². The van der Waals surface area contributed by atoms with Crippen LogP contribution in [0.1, 0.15) is 17.2 Å². The van der Waals surface area contributed by atoms with Crippen LogP contribution in [0.3, 0.4) is 0 Å². The van der Waals surface area contributed by atoms with Crippen LogP contribution in [0.15, 0.2) is 24.3 Å². The molecule has 3 rings (SSSR count). The predicted molar refractivity (Wildman–Crippen MR) is 90.3 cm³/mol. The van der Waals surface area contributed by atoms with Gasteiger partial charge in [-0.3, -0.25) is 9.59 Å². The van der Waals surface area contributed by atoms with Crippen LogP contribution >= 0.6 is 11.8 Å². The average Bonchev–Trinajstić information content (AvgIpc) is 2.58. The topological polar surface area (TPSA) is 49.9 Å². The van der Waals surface area contributed by atoms with Crippen molar-refractivity contribution in [3.63, 3.8) is 0 Å². The van der Waals surface area contributed by atoms with Crippen molar-refractivity contribution >= 4 is 23.6 Å². The zero-order valence-electron chi connectivity index (χ0n) is 13.5. The molecule has 2 aliphatic heterocycles. The fourth-order valence-corrected chi connectivity index (χ4v) is 3.95. The van der Waals surface area contributed by atoms with E-state index in [2.05, 4.69) is 0 Å². The molecule has 23 heavy (non-hydrogen) atoms. The Kier molecular flexibility index (Phi) is 4.92. The van der Waals surface area contributed by atoms with Gasteiger partial charge in [0.2, 0.25) is 5.91 Å². The molecule has 2 atom stereocenters. The number of ether oxygens (including phenoxy) is 1. The van der Waals surface area contributed by atoms with Gasteiger partial charge in [-0.2, -0.15) is 11.8 Å². The molecule has 2 aliphatic rings. The number of benzene rings is 1. The van der Waals surface area contributed by atoms with Gasteiger partial charge in [0.05, 0.1) is 6.04 Å². The number of hydrogen-bond acceptors (Lipinski definition) is 4. The summed E-state index contributed by atoms with van der Waals surface area (Å²) in [5.41, 5.74) is 2.09. The summed E-state index contributed by atoms with van der Waals surface area (Å²) in [6, 6.07) is 7.59. The van der Waals surface area contributed by atoms with Crippen molar-refractivity contribution in [1.82, 2.24) is 9.80 Å². The molecule has 0 bridgehead atoms. The lowest BCUT2D eigenvalue weighted by Crippen LogP contribution is -2.55. The lowest BCUT2D eigenvalue weighted by molar-refractivity contribution is -0.167. The number of thioether (sulfide) groups is 1. The zero-order chi connectivity index (χ0) is 16.4. The molecule has 1 aromatic rings. The molecular weight excluding hydrogens is 312 g/mol. The maximum Gasteiger partial charge on any atom is 0.254 e. The molecular formula is C17H22N2O3S. The van der Waals surface area contributed by atoms with Crippen LogP contribution in [0.25, 0.3) is 0 Å². The molecule has 2 fully saturated rings. The summed E-state index contributed by atoms with van der Waals surface area (Å²) in [5.74, 6) is 1.83. The van der Waals surface area contributed by atoms with E-state index in [1.54, 1.807) is 11.9 Å². The van der Waals surface area contributed by atoms with Crippen molar-refractivity contribution in [3.8, 4) is 0 Å².